The highest BCUT2D eigenvalue weighted by Crippen LogP contribution is 2.32. The summed E-state index contributed by atoms with van der Waals surface area (Å²) in [6.07, 6.45) is 5.55. The van der Waals surface area contributed by atoms with Crippen LogP contribution in [-0.4, -0.2) is 73.7 Å². The molecule has 0 spiro atoms. The maximum absolute atomic E-state index is 12.1. The van der Waals surface area contributed by atoms with Crippen molar-refractivity contribution in [2.24, 2.45) is 7.05 Å². The second-order valence-corrected chi connectivity index (χ2v) is 7.19. The SMILES string of the molecule is Cc1nc(N2CC(n3cc(N4CCN(C)C4=O)cn3)C2)c2cnn(C)c2n1. The van der Waals surface area contributed by atoms with Crippen LogP contribution in [0.2, 0.25) is 0 Å². The number of aryl methyl sites for hydroxylation is 2. The van der Waals surface area contributed by atoms with E-state index in [-0.39, 0.29) is 12.1 Å². The van der Waals surface area contributed by atoms with Crippen LogP contribution in [0.4, 0.5) is 16.3 Å². The molecule has 27 heavy (non-hydrogen) atoms. The lowest BCUT2D eigenvalue weighted by molar-refractivity contribution is 0.229. The number of likely N-dealkylation sites (N-methyl/N-ethyl adjacent to an activating group) is 1. The molecule has 0 aliphatic carbocycles. The first-order valence-corrected chi connectivity index (χ1v) is 8.99. The quantitative estimate of drug-likeness (QED) is 0.680. The lowest BCUT2D eigenvalue weighted by atomic mass is 10.1. The van der Waals surface area contributed by atoms with Gasteiger partial charge in [0.25, 0.3) is 0 Å². The number of fused-ring (bicyclic) bond motifs is 1. The Morgan fingerprint density at radius 1 is 1.07 bits per heavy atom. The van der Waals surface area contributed by atoms with E-state index in [9.17, 15) is 4.79 Å². The molecule has 2 amide bonds. The zero-order valence-corrected chi connectivity index (χ0v) is 15.6. The minimum Gasteiger partial charge on any atom is -0.351 e. The Kier molecular flexibility index (Phi) is 3.36. The maximum Gasteiger partial charge on any atom is 0.324 e. The van der Waals surface area contributed by atoms with Crippen molar-refractivity contribution in [1.82, 2.24) is 34.4 Å². The molecular formula is C17H21N9O. The van der Waals surface area contributed by atoms with E-state index in [0.29, 0.717) is 6.54 Å². The summed E-state index contributed by atoms with van der Waals surface area (Å²) >= 11 is 0. The normalized spacial score (nSPS) is 18.0. The molecule has 2 aliphatic heterocycles. The summed E-state index contributed by atoms with van der Waals surface area (Å²) in [5, 5.41) is 9.75. The largest absolute Gasteiger partial charge is 0.351 e. The van der Waals surface area contributed by atoms with Gasteiger partial charge < -0.3 is 9.80 Å². The fourth-order valence-electron chi connectivity index (χ4n) is 3.70. The molecule has 2 saturated heterocycles. The van der Waals surface area contributed by atoms with Crippen LogP contribution in [0, 0.1) is 6.92 Å². The van der Waals surface area contributed by atoms with Crippen molar-refractivity contribution >= 4 is 28.6 Å². The van der Waals surface area contributed by atoms with Crippen molar-refractivity contribution in [1.29, 1.82) is 0 Å². The highest BCUT2D eigenvalue weighted by atomic mass is 16.2. The van der Waals surface area contributed by atoms with E-state index >= 15 is 0 Å². The van der Waals surface area contributed by atoms with Gasteiger partial charge in [0.1, 0.15) is 11.6 Å². The van der Waals surface area contributed by atoms with Gasteiger partial charge in [0.05, 0.1) is 29.5 Å². The molecule has 0 bridgehead atoms. The monoisotopic (exact) mass is 367 g/mol. The van der Waals surface area contributed by atoms with Gasteiger partial charge in [-0.3, -0.25) is 14.3 Å². The standard InChI is InChI=1S/C17H21N9O/c1-11-20-15-14(7-18-23(15)3)16(21-11)24-8-13(9-24)26-10-12(6-19-26)25-5-4-22(2)17(25)27/h6-7,10,13H,4-5,8-9H2,1-3H3. The van der Waals surface area contributed by atoms with Gasteiger partial charge in [-0.25, -0.2) is 14.8 Å². The van der Waals surface area contributed by atoms with E-state index in [0.717, 1.165) is 48.0 Å². The summed E-state index contributed by atoms with van der Waals surface area (Å²) in [6.45, 7) is 4.98. The zero-order valence-electron chi connectivity index (χ0n) is 15.6. The molecule has 0 saturated carbocycles. The second-order valence-electron chi connectivity index (χ2n) is 7.19. The molecule has 10 heteroatoms. The van der Waals surface area contributed by atoms with Crippen molar-refractivity contribution in [3.05, 3.63) is 24.4 Å². The number of carbonyl (C=O) groups is 1. The van der Waals surface area contributed by atoms with E-state index in [1.165, 1.54) is 0 Å². The number of nitrogens with zero attached hydrogens (tertiary/aromatic N) is 9. The first-order chi connectivity index (χ1) is 13.0. The Balaban J connectivity index is 1.34. The van der Waals surface area contributed by atoms with Crippen LogP contribution in [0.25, 0.3) is 11.0 Å². The smallest absolute Gasteiger partial charge is 0.324 e. The molecule has 3 aromatic rings. The third kappa shape index (κ3) is 2.43. The molecule has 140 valence electrons. The number of amides is 2. The van der Waals surface area contributed by atoms with Crippen LogP contribution in [-0.2, 0) is 7.05 Å². The average Bonchev–Trinajstić information content (AvgIpc) is 3.29. The first-order valence-electron chi connectivity index (χ1n) is 8.99. The van der Waals surface area contributed by atoms with Crippen molar-refractivity contribution in [3.63, 3.8) is 0 Å². The van der Waals surface area contributed by atoms with Crippen molar-refractivity contribution in [2.45, 2.75) is 13.0 Å². The molecule has 5 rings (SSSR count). The number of hydrogen-bond donors (Lipinski definition) is 0. The van der Waals surface area contributed by atoms with Gasteiger partial charge in [-0.1, -0.05) is 0 Å². The molecule has 0 aromatic carbocycles. The highest BCUT2D eigenvalue weighted by molar-refractivity contribution is 5.93. The molecule has 0 N–H and O–H groups in total. The van der Waals surface area contributed by atoms with Gasteiger partial charge in [0.2, 0.25) is 0 Å². The number of aromatic nitrogens is 6. The summed E-state index contributed by atoms with van der Waals surface area (Å²) in [6, 6.07) is 0.288. The first kappa shape index (κ1) is 16.0. The molecule has 2 fully saturated rings. The second kappa shape index (κ2) is 5.66. The molecule has 0 atom stereocenters. The minimum atomic E-state index is 0.0280. The number of urea groups is 1. The van der Waals surface area contributed by atoms with E-state index < -0.39 is 0 Å². The molecule has 5 heterocycles. The predicted molar refractivity (Wildman–Crippen MR) is 99.9 cm³/mol. The summed E-state index contributed by atoms with van der Waals surface area (Å²) in [7, 11) is 3.71. The van der Waals surface area contributed by atoms with Crippen LogP contribution < -0.4 is 9.80 Å². The lowest BCUT2D eigenvalue weighted by Gasteiger charge is -2.40. The Hall–Kier alpha value is -3.17. The predicted octanol–water partition coefficient (Wildman–Crippen LogP) is 0.801. The van der Waals surface area contributed by atoms with Crippen LogP contribution >= 0.6 is 0 Å². The average molecular weight is 367 g/mol. The van der Waals surface area contributed by atoms with Crippen LogP contribution in [0.3, 0.4) is 0 Å². The van der Waals surface area contributed by atoms with Gasteiger partial charge in [0, 0.05) is 46.5 Å². The van der Waals surface area contributed by atoms with Crippen molar-refractivity contribution in [3.8, 4) is 0 Å². The third-order valence-corrected chi connectivity index (χ3v) is 5.34. The van der Waals surface area contributed by atoms with Crippen LogP contribution in [0.5, 0.6) is 0 Å². The van der Waals surface area contributed by atoms with Crippen LogP contribution in [0.1, 0.15) is 11.9 Å². The number of anilines is 2. The molecule has 0 unspecified atom stereocenters. The van der Waals surface area contributed by atoms with Gasteiger partial charge in [-0.2, -0.15) is 10.2 Å². The minimum absolute atomic E-state index is 0.0280. The number of rotatable bonds is 3. The molecule has 3 aromatic heterocycles. The molecule has 2 aliphatic rings. The fraction of sp³-hybridized carbons (Fsp3) is 0.471. The lowest BCUT2D eigenvalue weighted by Crippen LogP contribution is -2.48. The Labute approximate surface area is 156 Å². The van der Waals surface area contributed by atoms with Gasteiger partial charge in [-0.05, 0) is 6.92 Å². The van der Waals surface area contributed by atoms with E-state index in [1.54, 1.807) is 20.7 Å². The summed E-state index contributed by atoms with van der Waals surface area (Å²) in [5.74, 6) is 1.66. The maximum atomic E-state index is 12.1. The van der Waals surface area contributed by atoms with Crippen molar-refractivity contribution in [2.75, 3.05) is 43.0 Å². The van der Waals surface area contributed by atoms with Gasteiger partial charge >= 0.3 is 6.03 Å². The topological polar surface area (TPSA) is 88.2 Å². The fourth-order valence-corrected chi connectivity index (χ4v) is 3.70. The van der Waals surface area contributed by atoms with E-state index in [1.807, 2.05) is 38.1 Å². The van der Waals surface area contributed by atoms with Gasteiger partial charge in [-0.15, -0.1) is 0 Å². The molecule has 10 nitrogen and oxygen atoms in total. The van der Waals surface area contributed by atoms with Gasteiger partial charge in [0.15, 0.2) is 5.65 Å². The summed E-state index contributed by atoms with van der Waals surface area (Å²) < 4.78 is 3.72. The number of hydrogen-bond acceptors (Lipinski definition) is 6. The Morgan fingerprint density at radius 2 is 1.89 bits per heavy atom. The van der Waals surface area contributed by atoms with E-state index in [4.69, 9.17) is 0 Å². The summed E-state index contributed by atoms with van der Waals surface area (Å²) in [4.78, 5) is 27.0. The zero-order chi connectivity index (χ0) is 18.7. The highest BCUT2D eigenvalue weighted by Gasteiger charge is 2.33. The molecular weight excluding hydrogens is 346 g/mol. The van der Waals surface area contributed by atoms with E-state index in [2.05, 4.69) is 25.1 Å². The number of carbonyl (C=O) groups excluding carboxylic acids is 1. The van der Waals surface area contributed by atoms with Crippen molar-refractivity contribution < 1.29 is 4.79 Å². The molecule has 0 radical (unpaired) electrons. The van der Waals surface area contributed by atoms with Crippen LogP contribution in [0.15, 0.2) is 18.6 Å². The third-order valence-electron chi connectivity index (χ3n) is 5.34. The Morgan fingerprint density at radius 3 is 2.63 bits per heavy atom. The Bertz CT molecular complexity index is 1030. The summed E-state index contributed by atoms with van der Waals surface area (Å²) in [5.41, 5.74) is 1.70.